The summed E-state index contributed by atoms with van der Waals surface area (Å²) in [5.41, 5.74) is 6.25. The van der Waals surface area contributed by atoms with Gasteiger partial charge in [-0.05, 0) is 38.8 Å². The first-order valence-corrected chi connectivity index (χ1v) is 6.15. The van der Waals surface area contributed by atoms with Gasteiger partial charge < -0.3 is 15.7 Å². The first kappa shape index (κ1) is 12.9. The van der Waals surface area contributed by atoms with Crippen LogP contribution in [0.5, 0.6) is 0 Å². The van der Waals surface area contributed by atoms with Gasteiger partial charge in [0.15, 0.2) is 0 Å². The van der Waals surface area contributed by atoms with Gasteiger partial charge in [0.2, 0.25) is 0 Å². The van der Waals surface area contributed by atoms with Crippen LogP contribution < -0.4 is 5.73 Å². The van der Waals surface area contributed by atoms with E-state index >= 15 is 0 Å². The van der Waals surface area contributed by atoms with Crippen molar-refractivity contribution in [2.75, 3.05) is 26.7 Å². The minimum absolute atomic E-state index is 0.242. The van der Waals surface area contributed by atoms with Crippen LogP contribution in [0.3, 0.4) is 0 Å². The average Bonchev–Trinajstić information content (AvgIpc) is 2.17. The van der Waals surface area contributed by atoms with Crippen LogP contribution in [-0.2, 0) is 0 Å². The number of likely N-dealkylation sites (N-methyl/N-ethyl adjacent to an activating group) is 1. The number of aliphatic hydroxyl groups excluding tert-OH is 1. The summed E-state index contributed by atoms with van der Waals surface area (Å²) in [6.07, 6.45) is 6.27. The minimum atomic E-state index is -0.242. The average molecular weight is 214 g/mol. The Morgan fingerprint density at radius 2 is 1.93 bits per heavy atom. The van der Waals surface area contributed by atoms with Crippen LogP contribution in [0.2, 0.25) is 0 Å². The molecule has 0 bridgehead atoms. The molecule has 3 nitrogen and oxygen atoms in total. The lowest BCUT2D eigenvalue weighted by atomic mass is 9.74. The van der Waals surface area contributed by atoms with Crippen LogP contribution in [0.25, 0.3) is 0 Å². The van der Waals surface area contributed by atoms with Gasteiger partial charge in [0.25, 0.3) is 0 Å². The van der Waals surface area contributed by atoms with E-state index in [1.54, 1.807) is 0 Å². The van der Waals surface area contributed by atoms with Crippen LogP contribution in [0.4, 0.5) is 0 Å². The van der Waals surface area contributed by atoms with Crippen molar-refractivity contribution in [3.05, 3.63) is 0 Å². The fourth-order valence-corrected chi connectivity index (χ4v) is 2.82. The maximum absolute atomic E-state index is 9.34. The largest absolute Gasteiger partial charge is 0.392 e. The topological polar surface area (TPSA) is 49.5 Å². The molecule has 3 N–H and O–H groups in total. The van der Waals surface area contributed by atoms with Crippen molar-refractivity contribution < 1.29 is 5.11 Å². The molecule has 1 unspecified atom stereocenters. The van der Waals surface area contributed by atoms with Gasteiger partial charge >= 0.3 is 0 Å². The maximum Gasteiger partial charge on any atom is 0.0638 e. The van der Waals surface area contributed by atoms with Crippen LogP contribution in [0.15, 0.2) is 0 Å². The number of hydrogen-bond donors (Lipinski definition) is 2. The van der Waals surface area contributed by atoms with Crippen LogP contribution in [-0.4, -0.2) is 42.8 Å². The molecule has 15 heavy (non-hydrogen) atoms. The Morgan fingerprint density at radius 3 is 2.40 bits per heavy atom. The summed E-state index contributed by atoms with van der Waals surface area (Å²) < 4.78 is 0. The van der Waals surface area contributed by atoms with E-state index in [2.05, 4.69) is 11.9 Å². The molecule has 1 rings (SSSR count). The minimum Gasteiger partial charge on any atom is -0.392 e. The summed E-state index contributed by atoms with van der Waals surface area (Å²) in [6, 6.07) is 0. The van der Waals surface area contributed by atoms with E-state index < -0.39 is 0 Å². The van der Waals surface area contributed by atoms with E-state index in [9.17, 15) is 5.11 Å². The van der Waals surface area contributed by atoms with Gasteiger partial charge in [-0.25, -0.2) is 0 Å². The second-order valence-corrected chi connectivity index (χ2v) is 5.31. The molecule has 0 radical (unpaired) electrons. The van der Waals surface area contributed by atoms with Gasteiger partial charge in [0, 0.05) is 13.1 Å². The predicted octanol–water partition coefficient (Wildman–Crippen LogP) is 1.21. The number of nitrogens with two attached hydrogens (primary N) is 1. The molecular weight excluding hydrogens is 188 g/mol. The summed E-state index contributed by atoms with van der Waals surface area (Å²) >= 11 is 0. The van der Waals surface area contributed by atoms with Gasteiger partial charge in [0.1, 0.15) is 0 Å². The summed E-state index contributed by atoms with van der Waals surface area (Å²) in [6.45, 7) is 4.42. The van der Waals surface area contributed by atoms with Gasteiger partial charge in [-0.15, -0.1) is 0 Å². The molecule has 0 heterocycles. The lowest BCUT2D eigenvalue weighted by Crippen LogP contribution is -2.44. The van der Waals surface area contributed by atoms with Crippen LogP contribution in [0, 0.1) is 5.41 Å². The number of nitrogens with zero attached hydrogens (tertiary/aromatic N) is 1. The molecule has 1 aliphatic carbocycles. The van der Waals surface area contributed by atoms with Gasteiger partial charge in [-0.2, -0.15) is 0 Å². The summed E-state index contributed by atoms with van der Waals surface area (Å²) in [5.74, 6) is 0. The second-order valence-electron chi connectivity index (χ2n) is 5.31. The second kappa shape index (κ2) is 5.83. The Labute approximate surface area is 93.6 Å². The molecule has 0 aliphatic heterocycles. The highest BCUT2D eigenvalue weighted by Gasteiger charge is 2.31. The number of hydrogen-bond acceptors (Lipinski definition) is 3. The Hall–Kier alpha value is -0.120. The van der Waals surface area contributed by atoms with Gasteiger partial charge in [-0.1, -0.05) is 19.3 Å². The Kier molecular flexibility index (Phi) is 5.03. The van der Waals surface area contributed by atoms with E-state index in [0.29, 0.717) is 5.41 Å². The third-order valence-electron chi connectivity index (χ3n) is 3.53. The van der Waals surface area contributed by atoms with Crippen LogP contribution in [0.1, 0.15) is 39.0 Å². The molecule has 0 aromatic rings. The highest BCUT2D eigenvalue weighted by atomic mass is 16.3. The van der Waals surface area contributed by atoms with Crippen molar-refractivity contribution in [1.82, 2.24) is 4.90 Å². The molecule has 1 saturated carbocycles. The molecule has 1 fully saturated rings. The third kappa shape index (κ3) is 4.09. The zero-order valence-corrected chi connectivity index (χ0v) is 10.2. The van der Waals surface area contributed by atoms with Crippen molar-refractivity contribution in [2.45, 2.75) is 45.1 Å². The molecule has 90 valence electrons. The molecule has 0 aromatic carbocycles. The Balaban J connectivity index is 2.43. The molecule has 0 saturated heterocycles. The quantitative estimate of drug-likeness (QED) is 0.723. The smallest absolute Gasteiger partial charge is 0.0638 e. The molecule has 0 spiro atoms. The highest BCUT2D eigenvalue weighted by molar-refractivity contribution is 4.86. The van der Waals surface area contributed by atoms with E-state index in [4.69, 9.17) is 5.73 Å². The third-order valence-corrected chi connectivity index (χ3v) is 3.53. The first-order valence-electron chi connectivity index (χ1n) is 6.15. The van der Waals surface area contributed by atoms with E-state index in [0.717, 1.165) is 19.6 Å². The van der Waals surface area contributed by atoms with Crippen molar-refractivity contribution >= 4 is 0 Å². The number of rotatable bonds is 5. The fourth-order valence-electron chi connectivity index (χ4n) is 2.82. The molecule has 0 amide bonds. The van der Waals surface area contributed by atoms with Gasteiger partial charge in [-0.3, -0.25) is 0 Å². The normalized spacial score (nSPS) is 23.0. The van der Waals surface area contributed by atoms with Crippen molar-refractivity contribution in [3.63, 3.8) is 0 Å². The highest BCUT2D eigenvalue weighted by Crippen LogP contribution is 2.35. The zero-order chi connectivity index (χ0) is 11.3. The molecule has 0 aromatic heterocycles. The summed E-state index contributed by atoms with van der Waals surface area (Å²) in [4.78, 5) is 2.23. The Bertz CT molecular complexity index is 176. The fraction of sp³-hybridized carbons (Fsp3) is 1.00. The lowest BCUT2D eigenvalue weighted by Gasteiger charge is -2.39. The number of aliphatic hydroxyl groups is 1. The maximum atomic E-state index is 9.34. The predicted molar refractivity (Wildman–Crippen MR) is 63.8 cm³/mol. The molecule has 3 heteroatoms. The SMILES string of the molecule is CC(O)CN(C)CC1(CN)CCCCC1. The molecule has 1 aliphatic rings. The lowest BCUT2D eigenvalue weighted by molar-refractivity contribution is 0.0867. The van der Waals surface area contributed by atoms with Crippen LogP contribution >= 0.6 is 0 Å². The van der Waals surface area contributed by atoms with Gasteiger partial charge in [0.05, 0.1) is 6.10 Å². The van der Waals surface area contributed by atoms with Crippen molar-refractivity contribution in [2.24, 2.45) is 11.1 Å². The monoisotopic (exact) mass is 214 g/mol. The zero-order valence-electron chi connectivity index (χ0n) is 10.2. The Morgan fingerprint density at radius 1 is 1.33 bits per heavy atom. The summed E-state index contributed by atoms with van der Waals surface area (Å²) in [7, 11) is 2.08. The van der Waals surface area contributed by atoms with Crippen molar-refractivity contribution in [1.29, 1.82) is 0 Å². The molecular formula is C12H26N2O. The van der Waals surface area contributed by atoms with E-state index in [-0.39, 0.29) is 6.10 Å². The first-order chi connectivity index (χ1) is 7.08. The molecule has 1 atom stereocenters. The van der Waals surface area contributed by atoms with Crippen molar-refractivity contribution in [3.8, 4) is 0 Å². The summed E-state index contributed by atoms with van der Waals surface area (Å²) in [5, 5.41) is 9.34. The standard InChI is InChI=1S/C12H26N2O/c1-11(15)8-14(2)10-12(9-13)6-4-3-5-7-12/h11,15H,3-10,13H2,1-2H3. The van der Waals surface area contributed by atoms with E-state index in [1.807, 2.05) is 6.92 Å². The van der Waals surface area contributed by atoms with E-state index in [1.165, 1.54) is 32.1 Å².